The first-order chi connectivity index (χ1) is 6.39. The van der Waals surface area contributed by atoms with E-state index in [1.807, 2.05) is 0 Å². The number of amides is 1. The minimum Gasteiger partial charge on any atom is -0.385 e. The molecule has 0 rings (SSSR count). The second-order valence-corrected chi connectivity index (χ2v) is 4.41. The molecule has 0 aliphatic heterocycles. The van der Waals surface area contributed by atoms with Crippen LogP contribution in [0.4, 0.5) is 0 Å². The minimum absolute atomic E-state index is 0.0561. The number of rotatable bonds is 6. The van der Waals surface area contributed by atoms with Gasteiger partial charge < -0.3 is 15.8 Å². The van der Waals surface area contributed by atoms with E-state index in [-0.39, 0.29) is 11.3 Å². The number of carbonyl (C=O) groups excluding carboxylic acids is 1. The number of hydrogen-bond donors (Lipinski definition) is 2. The number of nitrogens with two attached hydrogens (primary N) is 1. The maximum absolute atomic E-state index is 11.2. The van der Waals surface area contributed by atoms with E-state index in [4.69, 9.17) is 10.5 Å². The molecule has 4 heteroatoms. The third-order valence-corrected chi connectivity index (χ3v) is 2.14. The van der Waals surface area contributed by atoms with Crippen LogP contribution in [-0.4, -0.2) is 32.2 Å². The fraction of sp³-hybridized carbons (Fsp3) is 0.900. The van der Waals surface area contributed by atoms with Crippen LogP contribution < -0.4 is 11.1 Å². The zero-order valence-corrected chi connectivity index (χ0v) is 9.59. The number of carbonyl (C=O) groups is 1. The van der Waals surface area contributed by atoms with Gasteiger partial charge >= 0.3 is 0 Å². The summed E-state index contributed by atoms with van der Waals surface area (Å²) in [7, 11) is 1.68. The van der Waals surface area contributed by atoms with Crippen molar-refractivity contribution in [1.29, 1.82) is 0 Å². The van der Waals surface area contributed by atoms with Gasteiger partial charge in [-0.3, -0.25) is 4.79 Å². The smallest absolute Gasteiger partial charge is 0.236 e. The molecule has 0 aromatic heterocycles. The lowest BCUT2D eigenvalue weighted by molar-refractivity contribution is -0.122. The van der Waals surface area contributed by atoms with Crippen LogP contribution in [0.2, 0.25) is 0 Å². The van der Waals surface area contributed by atoms with Crippen LogP contribution in [0.15, 0.2) is 0 Å². The minimum atomic E-state index is -0.437. The molecule has 0 fully saturated rings. The van der Waals surface area contributed by atoms with Gasteiger partial charge in [-0.05, 0) is 18.8 Å². The SMILES string of the molecule is COCCC(C)(C)CNC(=O)[C@H](C)N. The van der Waals surface area contributed by atoms with Gasteiger partial charge in [-0.1, -0.05) is 13.8 Å². The van der Waals surface area contributed by atoms with E-state index >= 15 is 0 Å². The van der Waals surface area contributed by atoms with E-state index < -0.39 is 6.04 Å². The molecular weight excluding hydrogens is 180 g/mol. The van der Waals surface area contributed by atoms with Crippen molar-refractivity contribution in [3.63, 3.8) is 0 Å². The first-order valence-electron chi connectivity index (χ1n) is 4.91. The molecule has 84 valence electrons. The molecule has 0 saturated carbocycles. The maximum Gasteiger partial charge on any atom is 0.236 e. The van der Waals surface area contributed by atoms with E-state index in [0.29, 0.717) is 13.2 Å². The Kier molecular flexibility index (Phi) is 5.72. The van der Waals surface area contributed by atoms with Crippen molar-refractivity contribution in [2.75, 3.05) is 20.3 Å². The van der Waals surface area contributed by atoms with Crippen molar-refractivity contribution in [3.8, 4) is 0 Å². The number of nitrogens with one attached hydrogen (secondary N) is 1. The van der Waals surface area contributed by atoms with Gasteiger partial charge in [0.25, 0.3) is 0 Å². The Bertz CT molecular complexity index is 179. The van der Waals surface area contributed by atoms with E-state index in [1.165, 1.54) is 0 Å². The molecule has 1 atom stereocenters. The lowest BCUT2D eigenvalue weighted by Crippen LogP contribution is -2.42. The largest absolute Gasteiger partial charge is 0.385 e. The van der Waals surface area contributed by atoms with Crippen molar-refractivity contribution in [2.45, 2.75) is 33.2 Å². The molecule has 0 unspecified atom stereocenters. The Hall–Kier alpha value is -0.610. The third kappa shape index (κ3) is 5.94. The molecule has 3 N–H and O–H groups in total. The lowest BCUT2D eigenvalue weighted by atomic mass is 9.89. The highest BCUT2D eigenvalue weighted by Gasteiger charge is 2.19. The fourth-order valence-electron chi connectivity index (χ4n) is 0.954. The highest BCUT2D eigenvalue weighted by Crippen LogP contribution is 2.18. The van der Waals surface area contributed by atoms with Gasteiger partial charge in [0.15, 0.2) is 0 Å². The Labute approximate surface area is 86.2 Å². The summed E-state index contributed by atoms with van der Waals surface area (Å²) >= 11 is 0. The first kappa shape index (κ1) is 13.4. The van der Waals surface area contributed by atoms with Crippen LogP contribution in [0, 0.1) is 5.41 Å². The van der Waals surface area contributed by atoms with Gasteiger partial charge in [0.2, 0.25) is 5.91 Å². The van der Waals surface area contributed by atoms with Crippen LogP contribution in [0.1, 0.15) is 27.2 Å². The summed E-state index contributed by atoms with van der Waals surface area (Å²) in [6, 6.07) is -0.437. The quantitative estimate of drug-likeness (QED) is 0.659. The van der Waals surface area contributed by atoms with Gasteiger partial charge in [-0.15, -0.1) is 0 Å². The molecule has 4 nitrogen and oxygen atoms in total. The van der Waals surface area contributed by atoms with Crippen LogP contribution in [0.5, 0.6) is 0 Å². The third-order valence-electron chi connectivity index (χ3n) is 2.14. The number of hydrogen-bond acceptors (Lipinski definition) is 3. The topological polar surface area (TPSA) is 64.3 Å². The van der Waals surface area contributed by atoms with Crippen molar-refractivity contribution >= 4 is 5.91 Å². The Morgan fingerprint density at radius 1 is 1.57 bits per heavy atom. The average molecular weight is 202 g/mol. The number of ether oxygens (including phenoxy) is 1. The molecule has 0 aliphatic carbocycles. The molecule has 0 radical (unpaired) electrons. The van der Waals surface area contributed by atoms with Gasteiger partial charge in [-0.25, -0.2) is 0 Å². The molecular formula is C10H22N2O2. The summed E-state index contributed by atoms with van der Waals surface area (Å²) in [6.07, 6.45) is 0.919. The zero-order chi connectivity index (χ0) is 11.2. The second-order valence-electron chi connectivity index (χ2n) is 4.41. The normalized spacial score (nSPS) is 13.8. The molecule has 0 heterocycles. The summed E-state index contributed by atoms with van der Waals surface area (Å²) in [5.74, 6) is -0.101. The predicted octanol–water partition coefficient (Wildman–Crippen LogP) is 0.513. The summed E-state index contributed by atoms with van der Waals surface area (Å²) in [4.78, 5) is 11.2. The molecule has 0 aromatic rings. The lowest BCUT2D eigenvalue weighted by Gasteiger charge is -2.24. The average Bonchev–Trinajstić information content (AvgIpc) is 2.11. The van der Waals surface area contributed by atoms with E-state index in [1.54, 1.807) is 14.0 Å². The predicted molar refractivity (Wildman–Crippen MR) is 56.9 cm³/mol. The highest BCUT2D eigenvalue weighted by atomic mass is 16.5. The van der Waals surface area contributed by atoms with Gasteiger partial charge in [0.05, 0.1) is 6.04 Å². The zero-order valence-electron chi connectivity index (χ0n) is 9.59. The molecule has 0 saturated heterocycles. The fourth-order valence-corrected chi connectivity index (χ4v) is 0.954. The van der Waals surface area contributed by atoms with E-state index in [0.717, 1.165) is 6.42 Å². The standard InChI is InChI=1S/C10H22N2O2/c1-8(11)9(13)12-7-10(2,3)5-6-14-4/h8H,5-7,11H2,1-4H3,(H,12,13)/t8-/m0/s1. The summed E-state index contributed by atoms with van der Waals surface area (Å²) in [6.45, 7) is 7.20. The monoisotopic (exact) mass is 202 g/mol. The Morgan fingerprint density at radius 3 is 2.57 bits per heavy atom. The van der Waals surface area contributed by atoms with Crippen LogP contribution >= 0.6 is 0 Å². The van der Waals surface area contributed by atoms with Crippen LogP contribution in [0.3, 0.4) is 0 Å². The van der Waals surface area contributed by atoms with Crippen molar-refractivity contribution < 1.29 is 9.53 Å². The molecule has 1 amide bonds. The summed E-state index contributed by atoms with van der Waals surface area (Å²) in [5, 5.41) is 2.81. The molecule has 0 bridgehead atoms. The van der Waals surface area contributed by atoms with E-state index in [9.17, 15) is 4.79 Å². The van der Waals surface area contributed by atoms with Crippen LogP contribution in [0.25, 0.3) is 0 Å². The molecule has 0 aromatic carbocycles. The molecule has 0 spiro atoms. The van der Waals surface area contributed by atoms with Crippen LogP contribution in [-0.2, 0) is 9.53 Å². The molecule has 14 heavy (non-hydrogen) atoms. The van der Waals surface area contributed by atoms with Crippen molar-refractivity contribution in [3.05, 3.63) is 0 Å². The summed E-state index contributed by atoms with van der Waals surface area (Å²) in [5.41, 5.74) is 5.48. The highest BCUT2D eigenvalue weighted by molar-refractivity contribution is 5.80. The Morgan fingerprint density at radius 2 is 2.14 bits per heavy atom. The number of methoxy groups -OCH3 is 1. The first-order valence-corrected chi connectivity index (χ1v) is 4.91. The molecule has 0 aliphatic rings. The van der Waals surface area contributed by atoms with Crippen molar-refractivity contribution in [1.82, 2.24) is 5.32 Å². The van der Waals surface area contributed by atoms with E-state index in [2.05, 4.69) is 19.2 Å². The van der Waals surface area contributed by atoms with Gasteiger partial charge in [0.1, 0.15) is 0 Å². The van der Waals surface area contributed by atoms with Gasteiger partial charge in [-0.2, -0.15) is 0 Å². The van der Waals surface area contributed by atoms with Gasteiger partial charge in [0, 0.05) is 20.3 Å². The maximum atomic E-state index is 11.2. The second kappa shape index (κ2) is 5.98. The summed E-state index contributed by atoms with van der Waals surface area (Å²) < 4.78 is 4.99. The Balaban J connectivity index is 3.80. The van der Waals surface area contributed by atoms with Crippen molar-refractivity contribution in [2.24, 2.45) is 11.1 Å².